The van der Waals surface area contributed by atoms with E-state index in [1.54, 1.807) is 13.0 Å². The minimum absolute atomic E-state index is 0.0209. The number of sulfonamides is 1. The maximum absolute atomic E-state index is 12.6. The standard InChI is InChI=1S/C15H22N2O4S/c1-3-11(2)16-22(20,21)14-10-12(15(18)19)6-7-13(14)17-8-4-5-9-17/h6-7,10-11,16H,3-5,8-9H2,1-2H3,(H,18,19). The molecule has 1 aromatic rings. The molecule has 122 valence electrons. The summed E-state index contributed by atoms with van der Waals surface area (Å²) in [6, 6.07) is 4.10. The average molecular weight is 326 g/mol. The van der Waals surface area contributed by atoms with Crippen LogP contribution in [0.25, 0.3) is 0 Å². The molecule has 0 saturated carbocycles. The number of carbonyl (C=O) groups is 1. The van der Waals surface area contributed by atoms with E-state index in [9.17, 15) is 13.2 Å². The van der Waals surface area contributed by atoms with Crippen LogP contribution in [0.4, 0.5) is 5.69 Å². The van der Waals surface area contributed by atoms with Crippen LogP contribution in [-0.4, -0.2) is 38.6 Å². The molecule has 22 heavy (non-hydrogen) atoms. The molecule has 0 aromatic heterocycles. The Morgan fingerprint density at radius 3 is 2.55 bits per heavy atom. The van der Waals surface area contributed by atoms with Crippen LogP contribution in [-0.2, 0) is 10.0 Å². The molecule has 1 heterocycles. The van der Waals surface area contributed by atoms with Crippen molar-refractivity contribution in [1.82, 2.24) is 4.72 Å². The molecular formula is C15H22N2O4S. The molecule has 1 aromatic carbocycles. The molecular weight excluding hydrogens is 304 g/mol. The number of carboxylic acids is 1. The number of carboxylic acid groups (broad SMARTS) is 1. The maximum atomic E-state index is 12.6. The fraction of sp³-hybridized carbons (Fsp3) is 0.533. The van der Waals surface area contributed by atoms with E-state index in [1.165, 1.54) is 12.1 Å². The van der Waals surface area contributed by atoms with Gasteiger partial charge in [0.1, 0.15) is 4.90 Å². The number of hydrogen-bond donors (Lipinski definition) is 2. The lowest BCUT2D eigenvalue weighted by Gasteiger charge is -2.22. The van der Waals surface area contributed by atoms with Crippen molar-refractivity contribution < 1.29 is 18.3 Å². The highest BCUT2D eigenvalue weighted by atomic mass is 32.2. The Hall–Kier alpha value is -1.60. The Labute approximate surface area is 131 Å². The first-order chi connectivity index (χ1) is 10.3. The van der Waals surface area contributed by atoms with E-state index in [4.69, 9.17) is 5.11 Å². The first-order valence-electron chi connectivity index (χ1n) is 7.49. The Morgan fingerprint density at radius 1 is 1.36 bits per heavy atom. The SMILES string of the molecule is CCC(C)NS(=O)(=O)c1cc(C(=O)O)ccc1N1CCCC1. The Bertz CT molecular complexity index is 652. The third kappa shape index (κ3) is 3.59. The largest absolute Gasteiger partial charge is 0.478 e. The van der Waals surface area contributed by atoms with Crippen molar-refractivity contribution >= 4 is 21.7 Å². The summed E-state index contributed by atoms with van der Waals surface area (Å²) in [4.78, 5) is 13.2. The van der Waals surface area contributed by atoms with Gasteiger partial charge in [0.15, 0.2) is 0 Å². The Balaban J connectivity index is 2.49. The molecule has 0 spiro atoms. The molecule has 2 rings (SSSR count). The van der Waals surface area contributed by atoms with Gasteiger partial charge in [-0.05, 0) is 44.4 Å². The lowest BCUT2D eigenvalue weighted by molar-refractivity contribution is 0.0696. The number of aromatic carboxylic acids is 1. The fourth-order valence-corrected chi connectivity index (χ4v) is 4.07. The Morgan fingerprint density at radius 2 is 2.00 bits per heavy atom. The van der Waals surface area contributed by atoms with Gasteiger partial charge in [0, 0.05) is 19.1 Å². The highest BCUT2D eigenvalue weighted by Gasteiger charge is 2.26. The molecule has 2 N–H and O–H groups in total. The number of rotatable bonds is 6. The summed E-state index contributed by atoms with van der Waals surface area (Å²) < 4.78 is 27.9. The van der Waals surface area contributed by atoms with Crippen molar-refractivity contribution in [2.24, 2.45) is 0 Å². The Kier molecular flexibility index (Phi) is 5.08. The molecule has 1 unspecified atom stereocenters. The van der Waals surface area contributed by atoms with E-state index in [0.717, 1.165) is 25.9 Å². The van der Waals surface area contributed by atoms with Gasteiger partial charge in [-0.3, -0.25) is 0 Å². The van der Waals surface area contributed by atoms with Gasteiger partial charge in [-0.25, -0.2) is 17.9 Å². The summed E-state index contributed by atoms with van der Waals surface area (Å²) in [6.45, 7) is 5.26. The van der Waals surface area contributed by atoms with Crippen LogP contribution in [0.2, 0.25) is 0 Å². The van der Waals surface area contributed by atoms with Crippen LogP contribution in [0.15, 0.2) is 23.1 Å². The molecule has 1 saturated heterocycles. The zero-order chi connectivity index (χ0) is 16.3. The first kappa shape index (κ1) is 16.8. The topological polar surface area (TPSA) is 86.7 Å². The van der Waals surface area contributed by atoms with Crippen LogP contribution < -0.4 is 9.62 Å². The number of nitrogens with one attached hydrogen (secondary N) is 1. The van der Waals surface area contributed by atoms with Crippen LogP contribution in [0.3, 0.4) is 0 Å². The van der Waals surface area contributed by atoms with Gasteiger partial charge >= 0.3 is 5.97 Å². The third-order valence-corrected chi connectivity index (χ3v) is 5.53. The van der Waals surface area contributed by atoms with Gasteiger partial charge in [0.25, 0.3) is 0 Å². The third-order valence-electron chi connectivity index (χ3n) is 3.91. The van der Waals surface area contributed by atoms with Gasteiger partial charge in [-0.2, -0.15) is 0 Å². The van der Waals surface area contributed by atoms with E-state index >= 15 is 0 Å². The molecule has 0 bridgehead atoms. The van der Waals surface area contributed by atoms with E-state index in [1.807, 2.05) is 11.8 Å². The monoisotopic (exact) mass is 326 g/mol. The minimum atomic E-state index is -3.75. The molecule has 0 amide bonds. The van der Waals surface area contributed by atoms with Gasteiger partial charge < -0.3 is 10.0 Å². The molecule has 0 aliphatic carbocycles. The fourth-order valence-electron chi connectivity index (χ4n) is 2.49. The second-order valence-electron chi connectivity index (χ2n) is 5.61. The minimum Gasteiger partial charge on any atom is -0.478 e. The van der Waals surface area contributed by atoms with Gasteiger partial charge in [0.05, 0.1) is 11.3 Å². The van der Waals surface area contributed by atoms with Crippen molar-refractivity contribution in [2.75, 3.05) is 18.0 Å². The zero-order valence-corrected chi connectivity index (χ0v) is 13.7. The summed E-state index contributed by atoms with van der Waals surface area (Å²) in [5.74, 6) is -1.13. The summed E-state index contributed by atoms with van der Waals surface area (Å²) >= 11 is 0. The summed E-state index contributed by atoms with van der Waals surface area (Å²) in [5, 5.41) is 9.13. The number of anilines is 1. The van der Waals surface area contributed by atoms with Crippen molar-refractivity contribution in [3.05, 3.63) is 23.8 Å². The second kappa shape index (κ2) is 6.66. The number of nitrogens with zero attached hydrogens (tertiary/aromatic N) is 1. The normalized spacial score (nSPS) is 16.7. The molecule has 1 fully saturated rings. The van der Waals surface area contributed by atoms with E-state index in [0.29, 0.717) is 12.1 Å². The molecule has 1 aliphatic heterocycles. The quantitative estimate of drug-likeness (QED) is 0.835. The smallest absolute Gasteiger partial charge is 0.335 e. The van der Waals surface area contributed by atoms with E-state index < -0.39 is 16.0 Å². The molecule has 6 nitrogen and oxygen atoms in total. The number of hydrogen-bond acceptors (Lipinski definition) is 4. The lowest BCUT2D eigenvalue weighted by Crippen LogP contribution is -2.33. The molecule has 1 atom stereocenters. The van der Waals surface area contributed by atoms with Crippen molar-refractivity contribution in [1.29, 1.82) is 0 Å². The van der Waals surface area contributed by atoms with Gasteiger partial charge in [-0.1, -0.05) is 6.92 Å². The predicted molar refractivity (Wildman–Crippen MR) is 84.9 cm³/mol. The summed E-state index contributed by atoms with van der Waals surface area (Å²) in [5.41, 5.74) is 0.561. The van der Waals surface area contributed by atoms with Crippen molar-refractivity contribution in [3.8, 4) is 0 Å². The zero-order valence-electron chi connectivity index (χ0n) is 12.9. The first-order valence-corrected chi connectivity index (χ1v) is 8.98. The van der Waals surface area contributed by atoms with Crippen molar-refractivity contribution in [3.63, 3.8) is 0 Å². The maximum Gasteiger partial charge on any atom is 0.335 e. The van der Waals surface area contributed by atoms with E-state index in [2.05, 4.69) is 4.72 Å². The lowest BCUT2D eigenvalue weighted by atomic mass is 10.2. The van der Waals surface area contributed by atoms with Crippen LogP contribution in [0.1, 0.15) is 43.5 Å². The van der Waals surface area contributed by atoms with E-state index in [-0.39, 0.29) is 16.5 Å². The highest BCUT2D eigenvalue weighted by molar-refractivity contribution is 7.89. The van der Waals surface area contributed by atoms with Gasteiger partial charge in [0.2, 0.25) is 10.0 Å². The number of benzene rings is 1. The van der Waals surface area contributed by atoms with Crippen LogP contribution in [0.5, 0.6) is 0 Å². The summed E-state index contributed by atoms with van der Waals surface area (Å²) in [7, 11) is -3.75. The average Bonchev–Trinajstić information content (AvgIpc) is 3.00. The second-order valence-corrected chi connectivity index (χ2v) is 7.29. The van der Waals surface area contributed by atoms with Gasteiger partial charge in [-0.15, -0.1) is 0 Å². The summed E-state index contributed by atoms with van der Waals surface area (Å²) in [6.07, 6.45) is 2.69. The molecule has 7 heteroatoms. The van der Waals surface area contributed by atoms with Crippen LogP contribution in [0, 0.1) is 0 Å². The highest BCUT2D eigenvalue weighted by Crippen LogP contribution is 2.29. The van der Waals surface area contributed by atoms with Crippen molar-refractivity contribution in [2.45, 2.75) is 44.0 Å². The van der Waals surface area contributed by atoms with Crippen LogP contribution >= 0.6 is 0 Å². The molecule has 0 radical (unpaired) electrons. The molecule has 1 aliphatic rings. The predicted octanol–water partition coefficient (Wildman–Crippen LogP) is 2.06.